The van der Waals surface area contributed by atoms with Crippen molar-refractivity contribution in [1.82, 2.24) is 10.3 Å². The normalized spacial score (nSPS) is 17.3. The standard InChI is InChI=1S/C12H14N2O4/c15-9-7-8(3-6-13-9)10(16)14-12(11(17)18)4-1-2-5-12/h3,6-7H,1-2,4-5H2,(H,13,15)(H,14,16)(H,17,18). The highest BCUT2D eigenvalue weighted by atomic mass is 16.4. The SMILES string of the molecule is O=C(NC1(C(=O)O)CCCC1)c1cc[nH]c(=O)c1. The molecule has 0 aromatic carbocycles. The topological polar surface area (TPSA) is 99.3 Å². The van der Waals surface area contributed by atoms with E-state index in [0.29, 0.717) is 12.8 Å². The van der Waals surface area contributed by atoms with Gasteiger partial charge in [0.2, 0.25) is 5.56 Å². The van der Waals surface area contributed by atoms with Crippen molar-refractivity contribution in [2.75, 3.05) is 0 Å². The lowest BCUT2D eigenvalue weighted by Gasteiger charge is -2.25. The fraction of sp³-hybridized carbons (Fsp3) is 0.417. The van der Waals surface area contributed by atoms with Crippen molar-refractivity contribution in [3.05, 3.63) is 34.2 Å². The molecule has 1 heterocycles. The zero-order valence-electron chi connectivity index (χ0n) is 9.73. The number of carbonyl (C=O) groups is 2. The Morgan fingerprint density at radius 1 is 1.33 bits per heavy atom. The number of hydrogen-bond donors (Lipinski definition) is 3. The van der Waals surface area contributed by atoms with Gasteiger partial charge < -0.3 is 15.4 Å². The highest BCUT2D eigenvalue weighted by molar-refractivity contribution is 5.97. The van der Waals surface area contributed by atoms with Gasteiger partial charge in [0, 0.05) is 17.8 Å². The summed E-state index contributed by atoms with van der Waals surface area (Å²) in [5.74, 6) is -1.54. The van der Waals surface area contributed by atoms with Gasteiger partial charge in [0.15, 0.2) is 0 Å². The first-order valence-corrected chi connectivity index (χ1v) is 5.78. The van der Waals surface area contributed by atoms with Crippen molar-refractivity contribution in [1.29, 1.82) is 0 Å². The number of carboxylic acid groups (broad SMARTS) is 1. The highest BCUT2D eigenvalue weighted by Crippen LogP contribution is 2.30. The number of pyridine rings is 1. The molecule has 18 heavy (non-hydrogen) atoms. The summed E-state index contributed by atoms with van der Waals surface area (Å²) in [4.78, 5) is 36.7. The largest absolute Gasteiger partial charge is 0.480 e. The highest BCUT2D eigenvalue weighted by Gasteiger charge is 2.42. The van der Waals surface area contributed by atoms with Gasteiger partial charge in [-0.2, -0.15) is 0 Å². The lowest BCUT2D eigenvalue weighted by Crippen LogP contribution is -2.52. The van der Waals surface area contributed by atoms with Crippen LogP contribution in [-0.4, -0.2) is 27.5 Å². The maximum Gasteiger partial charge on any atom is 0.329 e. The van der Waals surface area contributed by atoms with Crippen molar-refractivity contribution in [2.24, 2.45) is 0 Å². The molecule has 1 aromatic heterocycles. The Hall–Kier alpha value is -2.11. The minimum absolute atomic E-state index is 0.172. The quantitative estimate of drug-likeness (QED) is 0.727. The van der Waals surface area contributed by atoms with E-state index in [9.17, 15) is 19.5 Å². The second-order valence-electron chi connectivity index (χ2n) is 4.49. The zero-order valence-corrected chi connectivity index (χ0v) is 9.73. The molecule has 0 radical (unpaired) electrons. The van der Waals surface area contributed by atoms with E-state index >= 15 is 0 Å². The average Bonchev–Trinajstić information content (AvgIpc) is 2.79. The lowest BCUT2D eigenvalue weighted by molar-refractivity contribution is -0.144. The molecule has 0 saturated heterocycles. The van der Waals surface area contributed by atoms with E-state index < -0.39 is 23.0 Å². The van der Waals surface area contributed by atoms with E-state index in [0.717, 1.165) is 18.9 Å². The summed E-state index contributed by atoms with van der Waals surface area (Å²) in [6, 6.07) is 2.60. The van der Waals surface area contributed by atoms with Crippen molar-refractivity contribution in [3.63, 3.8) is 0 Å². The number of carbonyl (C=O) groups excluding carboxylic acids is 1. The molecule has 0 atom stereocenters. The number of rotatable bonds is 3. The van der Waals surface area contributed by atoms with Gasteiger partial charge in [-0.05, 0) is 18.9 Å². The third-order valence-corrected chi connectivity index (χ3v) is 3.26. The molecule has 2 rings (SSSR count). The third-order valence-electron chi connectivity index (χ3n) is 3.26. The van der Waals surface area contributed by atoms with Gasteiger partial charge >= 0.3 is 5.97 Å². The Balaban J connectivity index is 2.20. The molecule has 0 bridgehead atoms. The van der Waals surface area contributed by atoms with Gasteiger partial charge in [0.05, 0.1) is 0 Å². The van der Waals surface area contributed by atoms with Crippen LogP contribution in [0.25, 0.3) is 0 Å². The minimum atomic E-state index is -1.18. The number of aromatic nitrogens is 1. The van der Waals surface area contributed by atoms with Gasteiger partial charge in [0.1, 0.15) is 5.54 Å². The van der Waals surface area contributed by atoms with Crippen LogP contribution in [0.5, 0.6) is 0 Å². The first-order chi connectivity index (χ1) is 8.53. The van der Waals surface area contributed by atoms with Crippen LogP contribution in [0.1, 0.15) is 36.0 Å². The molecule has 1 aliphatic rings. The number of aliphatic carboxylic acids is 1. The minimum Gasteiger partial charge on any atom is -0.480 e. The molecular weight excluding hydrogens is 236 g/mol. The Morgan fingerprint density at radius 2 is 2.00 bits per heavy atom. The van der Waals surface area contributed by atoms with Crippen LogP contribution < -0.4 is 10.9 Å². The van der Waals surface area contributed by atoms with Crippen molar-refractivity contribution in [2.45, 2.75) is 31.2 Å². The molecule has 0 unspecified atom stereocenters. The smallest absolute Gasteiger partial charge is 0.329 e. The summed E-state index contributed by atoms with van der Waals surface area (Å²) in [5, 5.41) is 11.8. The molecule has 96 valence electrons. The van der Waals surface area contributed by atoms with Gasteiger partial charge in [-0.1, -0.05) is 12.8 Å². The number of nitrogens with one attached hydrogen (secondary N) is 2. The molecule has 1 saturated carbocycles. The molecule has 6 nitrogen and oxygen atoms in total. The lowest BCUT2D eigenvalue weighted by atomic mass is 9.97. The van der Waals surface area contributed by atoms with Gasteiger partial charge in [-0.15, -0.1) is 0 Å². The summed E-state index contributed by atoms with van der Waals surface area (Å²) < 4.78 is 0. The monoisotopic (exact) mass is 250 g/mol. The first-order valence-electron chi connectivity index (χ1n) is 5.78. The van der Waals surface area contributed by atoms with Crippen LogP contribution in [0.15, 0.2) is 23.1 Å². The first kappa shape index (κ1) is 12.3. The molecular formula is C12H14N2O4. The third kappa shape index (κ3) is 2.27. The summed E-state index contributed by atoms with van der Waals surface area (Å²) in [5.41, 5.74) is -1.40. The van der Waals surface area contributed by atoms with Crippen LogP contribution in [0.2, 0.25) is 0 Å². The Kier molecular flexibility index (Phi) is 3.18. The number of H-pyrrole nitrogens is 1. The maximum absolute atomic E-state index is 11.9. The summed E-state index contributed by atoms with van der Waals surface area (Å²) in [7, 11) is 0. The van der Waals surface area contributed by atoms with Gasteiger partial charge in [-0.25, -0.2) is 4.79 Å². The predicted molar refractivity (Wildman–Crippen MR) is 63.4 cm³/mol. The zero-order chi connectivity index (χ0) is 13.2. The molecule has 3 N–H and O–H groups in total. The van der Waals surface area contributed by atoms with Crippen LogP contribution in [0.3, 0.4) is 0 Å². The molecule has 0 spiro atoms. The second kappa shape index (κ2) is 4.64. The van der Waals surface area contributed by atoms with Gasteiger partial charge in [0.25, 0.3) is 5.91 Å². The molecule has 1 aliphatic carbocycles. The van der Waals surface area contributed by atoms with E-state index in [1.807, 2.05) is 0 Å². The Labute approximate surface area is 103 Å². The van der Waals surface area contributed by atoms with E-state index in [-0.39, 0.29) is 5.56 Å². The maximum atomic E-state index is 11.9. The van der Waals surface area contributed by atoms with Crippen LogP contribution >= 0.6 is 0 Å². The summed E-state index contributed by atoms with van der Waals surface area (Å²) in [6.07, 6.45) is 3.78. The number of amides is 1. The summed E-state index contributed by atoms with van der Waals surface area (Å²) >= 11 is 0. The van der Waals surface area contributed by atoms with E-state index in [1.54, 1.807) is 0 Å². The number of carboxylic acids is 1. The molecule has 6 heteroatoms. The van der Waals surface area contributed by atoms with Crippen molar-refractivity contribution in [3.8, 4) is 0 Å². The van der Waals surface area contributed by atoms with Gasteiger partial charge in [-0.3, -0.25) is 9.59 Å². The fourth-order valence-corrected chi connectivity index (χ4v) is 2.25. The van der Waals surface area contributed by atoms with Crippen molar-refractivity contribution < 1.29 is 14.7 Å². The average molecular weight is 250 g/mol. The summed E-state index contributed by atoms with van der Waals surface area (Å²) in [6.45, 7) is 0. The van der Waals surface area contributed by atoms with E-state index in [4.69, 9.17) is 0 Å². The van der Waals surface area contributed by atoms with E-state index in [2.05, 4.69) is 10.3 Å². The molecule has 0 aliphatic heterocycles. The van der Waals surface area contributed by atoms with Crippen LogP contribution in [0, 0.1) is 0 Å². The second-order valence-corrected chi connectivity index (χ2v) is 4.49. The Morgan fingerprint density at radius 3 is 2.56 bits per heavy atom. The number of hydrogen-bond acceptors (Lipinski definition) is 3. The molecule has 1 aromatic rings. The molecule has 1 fully saturated rings. The number of aromatic amines is 1. The fourth-order valence-electron chi connectivity index (χ4n) is 2.25. The molecule has 1 amide bonds. The van der Waals surface area contributed by atoms with Crippen molar-refractivity contribution >= 4 is 11.9 Å². The predicted octanol–water partition coefficient (Wildman–Crippen LogP) is 0.502. The van der Waals surface area contributed by atoms with Crippen LogP contribution in [0.4, 0.5) is 0 Å². The Bertz CT molecular complexity index is 529. The van der Waals surface area contributed by atoms with Crippen LogP contribution in [-0.2, 0) is 4.79 Å². The van der Waals surface area contributed by atoms with E-state index in [1.165, 1.54) is 12.3 Å².